The molecular formula is C22H20BrN5O4. The van der Waals surface area contributed by atoms with Gasteiger partial charge in [-0.05, 0) is 35.9 Å². The number of fused-ring (bicyclic) bond motifs is 1. The highest BCUT2D eigenvalue weighted by molar-refractivity contribution is 9.10. The minimum atomic E-state index is -0.318. The molecule has 0 fully saturated rings. The van der Waals surface area contributed by atoms with Crippen molar-refractivity contribution < 1.29 is 19.0 Å². The smallest absolute Gasteiger partial charge is 0.275 e. The summed E-state index contributed by atoms with van der Waals surface area (Å²) in [6.07, 6.45) is 2.04. The van der Waals surface area contributed by atoms with Crippen molar-refractivity contribution in [2.24, 2.45) is 4.99 Å². The second-order valence-corrected chi connectivity index (χ2v) is 7.81. The van der Waals surface area contributed by atoms with Gasteiger partial charge in [0.1, 0.15) is 11.5 Å². The highest BCUT2D eigenvalue weighted by atomic mass is 79.9. The van der Waals surface area contributed by atoms with Crippen molar-refractivity contribution in [3.63, 3.8) is 0 Å². The summed E-state index contributed by atoms with van der Waals surface area (Å²) in [5.41, 5.74) is 9.35. The molecule has 0 radical (unpaired) electrons. The summed E-state index contributed by atoms with van der Waals surface area (Å²) in [4.78, 5) is 25.2. The van der Waals surface area contributed by atoms with E-state index in [0.29, 0.717) is 40.5 Å². The first-order valence-electron chi connectivity index (χ1n) is 9.53. The minimum Gasteiger partial charge on any atom is -0.493 e. The van der Waals surface area contributed by atoms with E-state index in [-0.39, 0.29) is 23.4 Å². The molecule has 2 aromatic carbocycles. The molecule has 0 unspecified atom stereocenters. The van der Waals surface area contributed by atoms with Crippen LogP contribution in [0.2, 0.25) is 0 Å². The number of nitrogens with zero attached hydrogens (tertiary/aromatic N) is 3. The Morgan fingerprint density at radius 2 is 1.81 bits per heavy atom. The third-order valence-corrected chi connectivity index (χ3v) is 5.41. The van der Waals surface area contributed by atoms with Gasteiger partial charge in [-0.25, -0.2) is 9.98 Å². The van der Waals surface area contributed by atoms with Crippen molar-refractivity contribution in [2.45, 2.75) is 6.42 Å². The standard InChI is InChI=1S/C22H20BrN5O4/c1-30-16-7-11(8-17(31-2)19(16)32-3)6-12-10-25-22(28-20(12)24)27-18-14-9-13(23)4-5-15(14)26-21(18)29/h4-5,7-10H,6H2,1-3H3,(H3,24,25,26,27,28,29). The van der Waals surface area contributed by atoms with Gasteiger partial charge in [-0.3, -0.25) is 4.79 Å². The molecule has 1 aliphatic rings. The van der Waals surface area contributed by atoms with Crippen LogP contribution in [0.1, 0.15) is 16.7 Å². The van der Waals surface area contributed by atoms with Gasteiger partial charge in [-0.15, -0.1) is 0 Å². The fourth-order valence-electron chi connectivity index (χ4n) is 3.39. The monoisotopic (exact) mass is 497 g/mol. The Hall–Kier alpha value is -3.66. The van der Waals surface area contributed by atoms with Crippen LogP contribution in [0, 0.1) is 0 Å². The fourth-order valence-corrected chi connectivity index (χ4v) is 3.75. The van der Waals surface area contributed by atoms with E-state index in [1.165, 1.54) is 0 Å². The molecule has 1 amide bonds. The molecule has 9 nitrogen and oxygen atoms in total. The summed E-state index contributed by atoms with van der Waals surface area (Å²) in [5.74, 6) is 1.65. The summed E-state index contributed by atoms with van der Waals surface area (Å²) in [5, 5.41) is 2.77. The van der Waals surface area contributed by atoms with E-state index in [9.17, 15) is 4.79 Å². The highest BCUT2D eigenvalue weighted by Gasteiger charge is 2.26. The fraction of sp³-hybridized carbons (Fsp3) is 0.182. The summed E-state index contributed by atoms with van der Waals surface area (Å²) in [6, 6.07) is 9.14. The number of benzene rings is 2. The molecule has 0 aliphatic carbocycles. The predicted molar refractivity (Wildman–Crippen MR) is 124 cm³/mol. The van der Waals surface area contributed by atoms with Crippen LogP contribution in [0.3, 0.4) is 0 Å². The number of methoxy groups -OCH3 is 3. The van der Waals surface area contributed by atoms with E-state index < -0.39 is 0 Å². The number of ether oxygens (including phenoxy) is 3. The van der Waals surface area contributed by atoms with E-state index in [2.05, 4.69) is 36.2 Å². The first-order chi connectivity index (χ1) is 15.4. The third-order valence-electron chi connectivity index (χ3n) is 4.92. The average Bonchev–Trinajstić information content (AvgIpc) is 3.09. The van der Waals surface area contributed by atoms with Gasteiger partial charge in [0.15, 0.2) is 11.5 Å². The second-order valence-electron chi connectivity index (χ2n) is 6.90. The van der Waals surface area contributed by atoms with Gasteiger partial charge in [-0.2, -0.15) is 4.98 Å². The summed E-state index contributed by atoms with van der Waals surface area (Å²) >= 11 is 3.41. The first kappa shape index (κ1) is 21.6. The summed E-state index contributed by atoms with van der Waals surface area (Å²) < 4.78 is 17.0. The molecule has 32 heavy (non-hydrogen) atoms. The number of hydrogen-bond acceptors (Lipinski definition) is 8. The van der Waals surface area contributed by atoms with Crippen LogP contribution in [0.25, 0.3) is 0 Å². The molecule has 3 N–H and O–H groups in total. The molecule has 4 rings (SSSR count). The number of amides is 1. The van der Waals surface area contributed by atoms with Gasteiger partial charge in [0.25, 0.3) is 11.9 Å². The van der Waals surface area contributed by atoms with E-state index in [1.807, 2.05) is 24.3 Å². The molecule has 3 aromatic rings. The molecule has 2 heterocycles. The Morgan fingerprint density at radius 1 is 1.09 bits per heavy atom. The highest BCUT2D eigenvalue weighted by Crippen LogP contribution is 2.39. The summed E-state index contributed by atoms with van der Waals surface area (Å²) in [6.45, 7) is 0. The lowest BCUT2D eigenvalue weighted by molar-refractivity contribution is -0.110. The molecule has 0 bridgehead atoms. The third kappa shape index (κ3) is 4.09. The van der Waals surface area contributed by atoms with E-state index >= 15 is 0 Å². The molecule has 10 heteroatoms. The minimum absolute atomic E-state index is 0.106. The number of nitrogens with one attached hydrogen (secondary N) is 1. The van der Waals surface area contributed by atoms with Gasteiger partial charge >= 0.3 is 0 Å². The SMILES string of the molecule is COc1cc(Cc2cnc(/N=C3/C(=O)Nc4ccc(Br)cc43)nc2N)cc(OC)c1OC. The molecule has 1 aliphatic heterocycles. The maximum atomic E-state index is 12.3. The lowest BCUT2D eigenvalue weighted by Gasteiger charge is -2.14. The Balaban J connectivity index is 1.64. The van der Waals surface area contributed by atoms with Crippen LogP contribution in [0.4, 0.5) is 17.5 Å². The number of hydrogen-bond donors (Lipinski definition) is 2. The number of aliphatic imine (C=N–C) groups is 1. The zero-order chi connectivity index (χ0) is 22.8. The van der Waals surface area contributed by atoms with Crippen molar-refractivity contribution >= 4 is 45.0 Å². The maximum Gasteiger partial charge on any atom is 0.275 e. The lowest BCUT2D eigenvalue weighted by atomic mass is 10.1. The van der Waals surface area contributed by atoms with Gasteiger partial charge in [0.05, 0.1) is 27.0 Å². The second kappa shape index (κ2) is 8.83. The maximum absolute atomic E-state index is 12.3. The Labute approximate surface area is 192 Å². The zero-order valence-electron chi connectivity index (χ0n) is 17.6. The lowest BCUT2D eigenvalue weighted by Crippen LogP contribution is -2.14. The van der Waals surface area contributed by atoms with Gasteiger partial charge < -0.3 is 25.3 Å². The average molecular weight is 498 g/mol. The van der Waals surface area contributed by atoms with Crippen molar-refractivity contribution in [1.82, 2.24) is 9.97 Å². The largest absolute Gasteiger partial charge is 0.493 e. The van der Waals surface area contributed by atoms with E-state index in [4.69, 9.17) is 19.9 Å². The van der Waals surface area contributed by atoms with Gasteiger partial charge in [-0.1, -0.05) is 15.9 Å². The topological polar surface area (TPSA) is 121 Å². The normalized spacial score (nSPS) is 13.6. The quantitative estimate of drug-likeness (QED) is 0.534. The molecule has 0 saturated heterocycles. The van der Waals surface area contributed by atoms with Crippen LogP contribution in [-0.2, 0) is 11.2 Å². The number of carbonyl (C=O) groups excluding carboxylic acids is 1. The number of aromatic nitrogens is 2. The van der Waals surface area contributed by atoms with Crippen molar-refractivity contribution in [3.8, 4) is 17.2 Å². The molecule has 0 atom stereocenters. The van der Waals surface area contributed by atoms with Crippen LogP contribution < -0.4 is 25.3 Å². The van der Waals surface area contributed by atoms with Crippen molar-refractivity contribution in [1.29, 1.82) is 0 Å². The van der Waals surface area contributed by atoms with E-state index in [1.54, 1.807) is 33.6 Å². The molecule has 0 saturated carbocycles. The van der Waals surface area contributed by atoms with Crippen molar-refractivity contribution in [2.75, 3.05) is 32.4 Å². The molecule has 164 valence electrons. The van der Waals surface area contributed by atoms with E-state index in [0.717, 1.165) is 10.0 Å². The van der Waals surface area contributed by atoms with Crippen LogP contribution in [0.5, 0.6) is 17.2 Å². The Bertz CT molecular complexity index is 1220. The number of nitrogen functional groups attached to an aromatic ring is 1. The number of rotatable bonds is 6. The number of nitrogens with two attached hydrogens (primary N) is 1. The van der Waals surface area contributed by atoms with Crippen LogP contribution in [-0.4, -0.2) is 42.9 Å². The van der Waals surface area contributed by atoms with Crippen molar-refractivity contribution in [3.05, 3.63) is 57.7 Å². The zero-order valence-corrected chi connectivity index (χ0v) is 19.2. The predicted octanol–water partition coefficient (Wildman–Crippen LogP) is 3.51. The van der Waals surface area contributed by atoms with Gasteiger partial charge in [0, 0.05) is 28.2 Å². The Morgan fingerprint density at radius 3 is 2.44 bits per heavy atom. The molecule has 0 spiro atoms. The molecule has 1 aromatic heterocycles. The van der Waals surface area contributed by atoms with Gasteiger partial charge in [0.2, 0.25) is 5.75 Å². The van der Waals surface area contributed by atoms with Crippen LogP contribution >= 0.6 is 15.9 Å². The summed E-state index contributed by atoms with van der Waals surface area (Å²) in [7, 11) is 4.67. The number of anilines is 2. The number of carbonyl (C=O) groups is 1. The molecular weight excluding hydrogens is 478 g/mol. The van der Waals surface area contributed by atoms with Crippen LogP contribution in [0.15, 0.2) is 46.0 Å². The number of halogens is 1. The first-order valence-corrected chi connectivity index (χ1v) is 10.3. The Kier molecular flexibility index (Phi) is 5.95.